The summed E-state index contributed by atoms with van der Waals surface area (Å²) in [4.78, 5) is 43.0. The van der Waals surface area contributed by atoms with E-state index in [2.05, 4.69) is 44.5 Å². The number of nitrogen functional groups attached to an aromatic ring is 1. The molecule has 11 nitrogen and oxygen atoms in total. The Morgan fingerprint density at radius 1 is 0.868 bits per heavy atom. The summed E-state index contributed by atoms with van der Waals surface area (Å²) in [6.45, 7) is 16.4. The van der Waals surface area contributed by atoms with Crippen molar-refractivity contribution in [3.05, 3.63) is 92.5 Å². The molecule has 2 N–H and O–H groups in total. The largest absolute Gasteiger partial charge is 0.497 e. The molecule has 1 saturated heterocycles. The van der Waals surface area contributed by atoms with Gasteiger partial charge in [0.25, 0.3) is 5.91 Å². The minimum absolute atomic E-state index is 0.0654. The fraction of sp³-hybridized carbons (Fsp3) is 0.425. The van der Waals surface area contributed by atoms with E-state index in [4.69, 9.17) is 31.5 Å². The number of methoxy groups -OCH3 is 1. The van der Waals surface area contributed by atoms with E-state index in [1.807, 2.05) is 37.3 Å². The maximum atomic E-state index is 12.7. The van der Waals surface area contributed by atoms with Crippen LogP contribution in [-0.2, 0) is 20.8 Å². The Morgan fingerprint density at radius 2 is 1.53 bits per heavy atom. The second kappa shape index (κ2) is 20.5. The summed E-state index contributed by atoms with van der Waals surface area (Å²) in [5, 5.41) is 1.60. The van der Waals surface area contributed by atoms with Crippen molar-refractivity contribution in [2.75, 3.05) is 78.4 Å². The van der Waals surface area contributed by atoms with E-state index in [9.17, 15) is 14.4 Å². The summed E-state index contributed by atoms with van der Waals surface area (Å²) in [6, 6.07) is 18.1. The van der Waals surface area contributed by atoms with Gasteiger partial charge in [-0.05, 0) is 109 Å². The van der Waals surface area contributed by atoms with E-state index in [0.29, 0.717) is 41.6 Å². The van der Waals surface area contributed by atoms with E-state index < -0.39 is 0 Å². The van der Waals surface area contributed by atoms with Gasteiger partial charge in [0.15, 0.2) is 0 Å². The first kappa shape index (κ1) is 41.8. The van der Waals surface area contributed by atoms with Crippen LogP contribution in [0.3, 0.4) is 0 Å². The molecule has 4 aromatic rings. The number of nitrogens with two attached hydrogens (primary N) is 1. The van der Waals surface area contributed by atoms with Gasteiger partial charge < -0.3 is 24.8 Å². The number of fused-ring (bicyclic) bond motifs is 1. The molecule has 0 bridgehead atoms. The fourth-order valence-electron chi connectivity index (χ4n) is 6.15. The molecule has 286 valence electrons. The molecular weight excluding hydrogens is 762 g/mol. The van der Waals surface area contributed by atoms with Crippen LogP contribution in [0.15, 0.2) is 65.1 Å². The molecule has 0 saturated carbocycles. The topological polar surface area (TPSA) is 120 Å². The maximum absolute atomic E-state index is 12.7. The van der Waals surface area contributed by atoms with Gasteiger partial charge in [0.05, 0.1) is 30.5 Å². The van der Waals surface area contributed by atoms with Crippen LogP contribution in [0.25, 0.3) is 10.9 Å². The molecular formula is C40H51BrClN5O6. The van der Waals surface area contributed by atoms with E-state index >= 15 is 0 Å². The van der Waals surface area contributed by atoms with Crippen molar-refractivity contribution in [2.45, 2.75) is 40.7 Å². The Kier molecular flexibility index (Phi) is 16.2. The normalized spacial score (nSPS) is 13.4. The number of aromatic nitrogens is 1. The Morgan fingerprint density at radius 3 is 2.15 bits per heavy atom. The summed E-state index contributed by atoms with van der Waals surface area (Å²) in [5.74, 6) is 0.161. The molecule has 0 unspecified atom stereocenters. The highest BCUT2D eigenvalue weighted by atomic mass is 79.9. The molecule has 0 spiro atoms. The van der Waals surface area contributed by atoms with Crippen LogP contribution >= 0.6 is 27.5 Å². The lowest BCUT2D eigenvalue weighted by Gasteiger charge is -2.34. The van der Waals surface area contributed by atoms with E-state index in [-0.39, 0.29) is 17.8 Å². The lowest BCUT2D eigenvalue weighted by atomic mass is 10.1. The van der Waals surface area contributed by atoms with Gasteiger partial charge in [-0.15, -0.1) is 0 Å². The average molecular weight is 813 g/mol. The van der Waals surface area contributed by atoms with Crippen molar-refractivity contribution in [1.29, 1.82) is 0 Å². The summed E-state index contributed by atoms with van der Waals surface area (Å²) in [7, 11) is 1.63. The highest BCUT2D eigenvalue weighted by molar-refractivity contribution is 9.10. The van der Waals surface area contributed by atoms with Crippen LogP contribution < -0.4 is 10.5 Å². The molecule has 0 amide bonds. The number of carbonyl (C=O) groups excluding carboxylic acids is 3. The molecule has 13 heteroatoms. The Hall–Kier alpha value is -3.94. The maximum Gasteiger partial charge on any atom is 0.338 e. The fourth-order valence-corrected chi connectivity index (χ4v) is 6.78. The van der Waals surface area contributed by atoms with Crippen LogP contribution in [0.5, 0.6) is 5.75 Å². The minimum Gasteiger partial charge on any atom is -0.497 e. The van der Waals surface area contributed by atoms with Crippen LogP contribution in [-0.4, -0.2) is 110 Å². The van der Waals surface area contributed by atoms with E-state index in [1.54, 1.807) is 42.0 Å². The molecule has 1 aromatic heterocycles. The molecule has 1 aliphatic heterocycles. The first-order valence-electron chi connectivity index (χ1n) is 18.0. The molecule has 1 fully saturated rings. The zero-order valence-electron chi connectivity index (χ0n) is 31.3. The SMILES string of the molecule is CCN(CC)Cc1cc(C(=O)OCCCN2CCN(CCOC(C)=O)CC2)cc(Br)c1N.COc1ccc2c(c1)cc(C)n2C(=O)c1ccc(Cl)cc1. The number of anilines is 1. The van der Waals surface area contributed by atoms with E-state index in [0.717, 1.165) is 91.2 Å². The highest BCUT2D eigenvalue weighted by Crippen LogP contribution is 2.28. The number of hydrogen-bond acceptors (Lipinski definition) is 10. The summed E-state index contributed by atoms with van der Waals surface area (Å²) in [6.07, 6.45) is 0.793. The van der Waals surface area contributed by atoms with Crippen molar-refractivity contribution < 1.29 is 28.6 Å². The van der Waals surface area contributed by atoms with Gasteiger partial charge >= 0.3 is 11.9 Å². The third kappa shape index (κ3) is 12.0. The molecule has 3 aromatic carbocycles. The van der Waals surface area contributed by atoms with Gasteiger partial charge in [-0.1, -0.05) is 25.4 Å². The number of nitrogens with zero attached hydrogens (tertiary/aromatic N) is 4. The Balaban J connectivity index is 0.000000256. The number of rotatable bonds is 14. The van der Waals surface area contributed by atoms with Crippen LogP contribution in [0, 0.1) is 6.92 Å². The minimum atomic E-state index is -0.318. The van der Waals surface area contributed by atoms with Gasteiger partial charge in [-0.3, -0.25) is 24.0 Å². The molecule has 0 aliphatic carbocycles. The standard InChI is InChI=1S/C23H37BrN4O4.C17H14ClNO2/c1-4-26(5-2)17-20-15-19(16-21(24)22(20)25)23(30)32-13-6-7-27-8-10-28(11-9-27)12-14-31-18(3)29;1-11-9-13-10-15(21-2)7-8-16(13)19(11)17(20)12-3-5-14(18)6-4-12/h15-16H,4-14,17,25H2,1-3H3;3-10H,1-2H3. The first-order chi connectivity index (χ1) is 25.4. The van der Waals surface area contributed by atoms with Crippen molar-refractivity contribution in [3.8, 4) is 5.75 Å². The predicted molar refractivity (Wildman–Crippen MR) is 214 cm³/mol. The highest BCUT2D eigenvalue weighted by Gasteiger charge is 2.19. The molecule has 0 radical (unpaired) electrons. The molecule has 2 heterocycles. The molecule has 1 aliphatic rings. The Bertz CT molecular complexity index is 1840. The second-order valence-electron chi connectivity index (χ2n) is 12.9. The summed E-state index contributed by atoms with van der Waals surface area (Å²) >= 11 is 9.34. The number of esters is 2. The van der Waals surface area contributed by atoms with Crippen molar-refractivity contribution >= 4 is 62.0 Å². The monoisotopic (exact) mass is 811 g/mol. The number of benzene rings is 3. The number of hydrogen-bond donors (Lipinski definition) is 1. The molecule has 0 atom stereocenters. The van der Waals surface area contributed by atoms with Crippen LogP contribution in [0.2, 0.25) is 5.02 Å². The number of carbonyl (C=O) groups is 3. The number of aryl methyl sites for hydroxylation is 1. The van der Waals surface area contributed by atoms with Gasteiger partial charge in [-0.25, -0.2) is 4.79 Å². The second-order valence-corrected chi connectivity index (χ2v) is 14.2. The Labute approximate surface area is 326 Å². The lowest BCUT2D eigenvalue weighted by molar-refractivity contribution is -0.141. The number of halogens is 2. The molecule has 5 rings (SSSR count). The third-order valence-electron chi connectivity index (χ3n) is 9.26. The zero-order chi connectivity index (χ0) is 38.5. The first-order valence-corrected chi connectivity index (χ1v) is 19.1. The van der Waals surface area contributed by atoms with Gasteiger partial charge in [-0.2, -0.15) is 0 Å². The quantitative estimate of drug-likeness (QED) is 0.0819. The lowest BCUT2D eigenvalue weighted by Crippen LogP contribution is -2.47. The van der Waals surface area contributed by atoms with Crippen LogP contribution in [0.4, 0.5) is 5.69 Å². The number of ether oxygens (including phenoxy) is 3. The van der Waals surface area contributed by atoms with Gasteiger partial charge in [0, 0.05) is 78.9 Å². The zero-order valence-corrected chi connectivity index (χ0v) is 33.7. The van der Waals surface area contributed by atoms with Crippen LogP contribution in [0.1, 0.15) is 59.2 Å². The van der Waals surface area contributed by atoms with E-state index in [1.165, 1.54) is 6.92 Å². The predicted octanol–water partition coefficient (Wildman–Crippen LogP) is 6.90. The number of piperazine rings is 1. The van der Waals surface area contributed by atoms with Gasteiger partial charge in [0.2, 0.25) is 0 Å². The van der Waals surface area contributed by atoms with Crippen molar-refractivity contribution in [3.63, 3.8) is 0 Å². The summed E-state index contributed by atoms with van der Waals surface area (Å²) in [5.41, 5.74) is 10.7. The van der Waals surface area contributed by atoms with Gasteiger partial charge in [0.1, 0.15) is 12.4 Å². The molecule has 53 heavy (non-hydrogen) atoms. The smallest absolute Gasteiger partial charge is 0.338 e. The average Bonchev–Trinajstić information content (AvgIpc) is 3.49. The third-order valence-corrected chi connectivity index (χ3v) is 10.2. The summed E-state index contributed by atoms with van der Waals surface area (Å²) < 4.78 is 18.2. The van der Waals surface area contributed by atoms with Crippen molar-refractivity contribution in [2.24, 2.45) is 0 Å². The van der Waals surface area contributed by atoms with Crippen molar-refractivity contribution in [1.82, 2.24) is 19.3 Å².